The molecule has 0 radical (unpaired) electrons. The van der Waals surface area contributed by atoms with Crippen LogP contribution >= 0.6 is 0 Å². The first-order valence-corrected chi connectivity index (χ1v) is 7.76. The number of rotatable bonds is 5. The van der Waals surface area contributed by atoms with Crippen LogP contribution in [0.2, 0.25) is 0 Å². The quantitative estimate of drug-likeness (QED) is 0.867. The highest BCUT2D eigenvalue weighted by molar-refractivity contribution is 5.83. The summed E-state index contributed by atoms with van der Waals surface area (Å²) in [6.45, 7) is 7.23. The molecule has 2 rings (SSSR count). The predicted octanol–water partition coefficient (Wildman–Crippen LogP) is 2.79. The van der Waals surface area contributed by atoms with E-state index in [4.69, 9.17) is 0 Å². The smallest absolute Gasteiger partial charge is 0.237 e. The molecule has 0 aromatic heterocycles. The molecule has 1 aliphatic heterocycles. The highest BCUT2D eigenvalue weighted by Crippen LogP contribution is 2.21. The maximum absolute atomic E-state index is 12.5. The summed E-state index contributed by atoms with van der Waals surface area (Å²) in [7, 11) is 0. The number of hydrogen-bond acceptors (Lipinski definition) is 2. The molecule has 1 aliphatic rings. The molecule has 0 fully saturated rings. The standard InChI is InChI=1S/C17H26N2O/c1-4-17(5-2,6-3)19-16(20)15-11-13-9-7-8-10-14(13)12-18-15/h7-10,15,18H,4-6,11-12H2,1-3H3,(H,19,20)/t15-/m0/s1. The van der Waals surface area contributed by atoms with E-state index in [1.807, 2.05) is 6.07 Å². The first-order chi connectivity index (χ1) is 9.64. The van der Waals surface area contributed by atoms with E-state index in [0.29, 0.717) is 0 Å². The Bertz CT molecular complexity index is 458. The number of carbonyl (C=O) groups is 1. The lowest BCUT2D eigenvalue weighted by atomic mass is 9.88. The van der Waals surface area contributed by atoms with Crippen molar-refractivity contribution >= 4 is 5.91 Å². The minimum atomic E-state index is -0.103. The molecule has 20 heavy (non-hydrogen) atoms. The van der Waals surface area contributed by atoms with Crippen molar-refractivity contribution in [2.24, 2.45) is 0 Å². The Labute approximate surface area is 122 Å². The van der Waals surface area contributed by atoms with Crippen LogP contribution in [0.5, 0.6) is 0 Å². The van der Waals surface area contributed by atoms with E-state index in [9.17, 15) is 4.79 Å². The average Bonchev–Trinajstić information content (AvgIpc) is 2.52. The number of fused-ring (bicyclic) bond motifs is 1. The second-order valence-corrected chi connectivity index (χ2v) is 5.74. The molecular formula is C17H26N2O. The fourth-order valence-corrected chi connectivity index (χ4v) is 3.00. The molecule has 0 saturated heterocycles. The van der Waals surface area contributed by atoms with Gasteiger partial charge in [-0.1, -0.05) is 45.0 Å². The van der Waals surface area contributed by atoms with E-state index in [1.54, 1.807) is 0 Å². The fraction of sp³-hybridized carbons (Fsp3) is 0.588. The molecule has 1 aromatic rings. The first kappa shape index (κ1) is 15.0. The van der Waals surface area contributed by atoms with Gasteiger partial charge in [0.2, 0.25) is 5.91 Å². The van der Waals surface area contributed by atoms with Crippen molar-refractivity contribution in [3.05, 3.63) is 35.4 Å². The lowest BCUT2D eigenvalue weighted by Gasteiger charge is -2.35. The third-order valence-corrected chi connectivity index (χ3v) is 4.82. The van der Waals surface area contributed by atoms with Gasteiger partial charge in [0.05, 0.1) is 6.04 Å². The molecule has 3 nitrogen and oxygen atoms in total. The van der Waals surface area contributed by atoms with Crippen molar-refractivity contribution in [1.29, 1.82) is 0 Å². The van der Waals surface area contributed by atoms with Gasteiger partial charge in [-0.05, 0) is 36.8 Å². The molecule has 0 unspecified atom stereocenters. The lowest BCUT2D eigenvalue weighted by Crippen LogP contribution is -2.55. The van der Waals surface area contributed by atoms with Crippen molar-refractivity contribution < 1.29 is 4.79 Å². The Morgan fingerprint density at radius 2 is 1.80 bits per heavy atom. The largest absolute Gasteiger partial charge is 0.349 e. The summed E-state index contributed by atoms with van der Waals surface area (Å²) in [4.78, 5) is 12.5. The number of carbonyl (C=O) groups excluding carboxylic acids is 1. The normalized spacial score (nSPS) is 18.4. The van der Waals surface area contributed by atoms with E-state index in [-0.39, 0.29) is 17.5 Å². The zero-order valence-electron chi connectivity index (χ0n) is 12.8. The number of amides is 1. The zero-order valence-corrected chi connectivity index (χ0v) is 12.8. The van der Waals surface area contributed by atoms with Gasteiger partial charge >= 0.3 is 0 Å². The molecule has 0 bridgehead atoms. The Morgan fingerprint density at radius 3 is 2.40 bits per heavy atom. The van der Waals surface area contributed by atoms with Gasteiger partial charge < -0.3 is 10.6 Å². The summed E-state index contributed by atoms with van der Waals surface area (Å²) in [5.74, 6) is 0.144. The van der Waals surface area contributed by atoms with Gasteiger partial charge in [0.15, 0.2) is 0 Å². The highest BCUT2D eigenvalue weighted by atomic mass is 16.2. The van der Waals surface area contributed by atoms with Crippen molar-refractivity contribution in [2.45, 2.75) is 64.6 Å². The van der Waals surface area contributed by atoms with E-state index in [2.05, 4.69) is 49.6 Å². The van der Waals surface area contributed by atoms with Crippen LogP contribution in [0.15, 0.2) is 24.3 Å². The molecule has 1 aromatic carbocycles. The van der Waals surface area contributed by atoms with Gasteiger partial charge in [0.25, 0.3) is 0 Å². The maximum Gasteiger partial charge on any atom is 0.237 e. The Hall–Kier alpha value is -1.35. The maximum atomic E-state index is 12.5. The molecule has 110 valence electrons. The van der Waals surface area contributed by atoms with Crippen LogP contribution in [0.25, 0.3) is 0 Å². The van der Waals surface area contributed by atoms with Crippen molar-refractivity contribution in [1.82, 2.24) is 10.6 Å². The lowest BCUT2D eigenvalue weighted by molar-refractivity contribution is -0.125. The molecule has 0 saturated carbocycles. The molecule has 1 amide bonds. The first-order valence-electron chi connectivity index (χ1n) is 7.76. The molecule has 0 aliphatic carbocycles. The van der Waals surface area contributed by atoms with Crippen LogP contribution in [-0.2, 0) is 17.8 Å². The van der Waals surface area contributed by atoms with Crippen LogP contribution < -0.4 is 10.6 Å². The second-order valence-electron chi connectivity index (χ2n) is 5.74. The third kappa shape index (κ3) is 3.04. The summed E-state index contributed by atoms with van der Waals surface area (Å²) in [5, 5.41) is 6.64. The minimum absolute atomic E-state index is 0.0459. The number of nitrogens with one attached hydrogen (secondary N) is 2. The van der Waals surface area contributed by atoms with Gasteiger partial charge in [-0.3, -0.25) is 4.79 Å². The van der Waals surface area contributed by atoms with E-state index in [1.165, 1.54) is 11.1 Å². The molecule has 2 N–H and O–H groups in total. The van der Waals surface area contributed by atoms with E-state index >= 15 is 0 Å². The fourth-order valence-electron chi connectivity index (χ4n) is 3.00. The molecular weight excluding hydrogens is 248 g/mol. The Balaban J connectivity index is 2.05. The van der Waals surface area contributed by atoms with Gasteiger partial charge in [-0.2, -0.15) is 0 Å². The van der Waals surface area contributed by atoms with Gasteiger partial charge in [0, 0.05) is 12.1 Å². The van der Waals surface area contributed by atoms with Crippen LogP contribution in [0.3, 0.4) is 0 Å². The minimum Gasteiger partial charge on any atom is -0.349 e. The highest BCUT2D eigenvalue weighted by Gasteiger charge is 2.30. The molecule has 1 atom stereocenters. The van der Waals surface area contributed by atoms with E-state index in [0.717, 1.165) is 32.2 Å². The van der Waals surface area contributed by atoms with Crippen LogP contribution in [0.4, 0.5) is 0 Å². The van der Waals surface area contributed by atoms with Gasteiger partial charge in [-0.15, -0.1) is 0 Å². The van der Waals surface area contributed by atoms with Gasteiger partial charge in [0.1, 0.15) is 0 Å². The predicted molar refractivity (Wildman–Crippen MR) is 82.5 cm³/mol. The topological polar surface area (TPSA) is 41.1 Å². The number of hydrogen-bond donors (Lipinski definition) is 2. The third-order valence-electron chi connectivity index (χ3n) is 4.82. The van der Waals surface area contributed by atoms with Crippen LogP contribution in [-0.4, -0.2) is 17.5 Å². The Morgan fingerprint density at radius 1 is 1.20 bits per heavy atom. The van der Waals surface area contributed by atoms with Gasteiger partial charge in [-0.25, -0.2) is 0 Å². The van der Waals surface area contributed by atoms with E-state index < -0.39 is 0 Å². The van der Waals surface area contributed by atoms with Crippen LogP contribution in [0, 0.1) is 0 Å². The van der Waals surface area contributed by atoms with Crippen molar-refractivity contribution in [3.8, 4) is 0 Å². The SMILES string of the molecule is CCC(CC)(CC)NC(=O)[C@@H]1Cc2ccccc2CN1. The molecule has 1 heterocycles. The molecule has 3 heteroatoms. The van der Waals surface area contributed by atoms with Crippen molar-refractivity contribution in [3.63, 3.8) is 0 Å². The Kier molecular flexibility index (Phi) is 4.81. The average molecular weight is 274 g/mol. The number of benzene rings is 1. The summed E-state index contributed by atoms with van der Waals surface area (Å²) in [6, 6.07) is 8.26. The summed E-state index contributed by atoms with van der Waals surface area (Å²) in [6.07, 6.45) is 3.73. The monoisotopic (exact) mass is 274 g/mol. The zero-order chi connectivity index (χ0) is 14.6. The van der Waals surface area contributed by atoms with Crippen molar-refractivity contribution in [2.75, 3.05) is 0 Å². The molecule has 0 spiro atoms. The summed E-state index contributed by atoms with van der Waals surface area (Å²) in [5.41, 5.74) is 2.56. The summed E-state index contributed by atoms with van der Waals surface area (Å²) < 4.78 is 0. The summed E-state index contributed by atoms with van der Waals surface area (Å²) >= 11 is 0. The second kappa shape index (κ2) is 6.40. The van der Waals surface area contributed by atoms with Crippen LogP contribution in [0.1, 0.15) is 51.2 Å².